The normalized spacial score (nSPS) is 12.3. The Labute approximate surface area is 84.1 Å². The maximum Gasteiger partial charge on any atom is 0.241 e. The molecule has 0 aliphatic rings. The summed E-state index contributed by atoms with van der Waals surface area (Å²) in [7, 11) is 0. The lowest BCUT2D eigenvalue weighted by Crippen LogP contribution is -2.32. The zero-order chi connectivity index (χ0) is 11.6. The fourth-order valence-corrected chi connectivity index (χ4v) is 0.865. The molecule has 0 aliphatic heterocycles. The van der Waals surface area contributed by atoms with Gasteiger partial charge in [-0.15, -0.1) is 0 Å². The molecule has 1 amide bonds. The zero-order valence-corrected chi connectivity index (χ0v) is 7.85. The average Bonchev–Trinajstić information content (AvgIpc) is 2.13. The summed E-state index contributed by atoms with van der Waals surface area (Å²) in [5.74, 6) is -4.29. The molecule has 15 heavy (non-hydrogen) atoms. The minimum Gasteiger partial charge on any atom is -0.322 e. The van der Waals surface area contributed by atoms with Crippen LogP contribution in [0.1, 0.15) is 6.92 Å². The molecule has 0 aromatic heterocycles. The minimum atomic E-state index is -1.31. The van der Waals surface area contributed by atoms with Gasteiger partial charge in [0.1, 0.15) is 5.82 Å². The molecule has 0 spiro atoms. The van der Waals surface area contributed by atoms with Crippen molar-refractivity contribution in [1.29, 1.82) is 0 Å². The first-order chi connectivity index (χ1) is 6.91. The van der Waals surface area contributed by atoms with Gasteiger partial charge in [0, 0.05) is 12.1 Å². The van der Waals surface area contributed by atoms with Gasteiger partial charge in [-0.25, -0.2) is 13.2 Å². The van der Waals surface area contributed by atoms with E-state index < -0.39 is 35.1 Å². The quantitative estimate of drug-likeness (QED) is 0.737. The highest BCUT2D eigenvalue weighted by molar-refractivity contribution is 5.94. The van der Waals surface area contributed by atoms with Gasteiger partial charge in [-0.2, -0.15) is 0 Å². The van der Waals surface area contributed by atoms with Crippen LogP contribution in [0.3, 0.4) is 0 Å². The molecule has 0 fully saturated rings. The molecular formula is C9H9F3N2O. The molecule has 3 nitrogen and oxygen atoms in total. The number of benzene rings is 1. The largest absolute Gasteiger partial charge is 0.322 e. The van der Waals surface area contributed by atoms with Crippen LogP contribution in [0.2, 0.25) is 0 Å². The fraction of sp³-hybridized carbons (Fsp3) is 0.222. The number of hydrogen-bond donors (Lipinski definition) is 2. The molecule has 1 unspecified atom stereocenters. The van der Waals surface area contributed by atoms with E-state index in [9.17, 15) is 18.0 Å². The molecule has 3 N–H and O–H groups in total. The zero-order valence-electron chi connectivity index (χ0n) is 7.85. The highest BCUT2D eigenvalue weighted by Gasteiger charge is 2.13. The van der Waals surface area contributed by atoms with E-state index in [1.165, 1.54) is 6.92 Å². The van der Waals surface area contributed by atoms with Gasteiger partial charge in [0.15, 0.2) is 11.6 Å². The molecule has 1 aromatic rings. The second kappa shape index (κ2) is 4.31. The number of rotatable bonds is 2. The Morgan fingerprint density at radius 2 is 1.80 bits per heavy atom. The number of carbonyl (C=O) groups is 1. The predicted octanol–water partition coefficient (Wildman–Crippen LogP) is 1.39. The number of hydrogen-bond acceptors (Lipinski definition) is 2. The summed E-state index contributed by atoms with van der Waals surface area (Å²) in [4.78, 5) is 11.0. The third-order valence-corrected chi connectivity index (χ3v) is 1.68. The van der Waals surface area contributed by atoms with Crippen molar-refractivity contribution < 1.29 is 18.0 Å². The summed E-state index contributed by atoms with van der Waals surface area (Å²) in [5.41, 5.74) is 4.77. The highest BCUT2D eigenvalue weighted by Crippen LogP contribution is 2.18. The Hall–Kier alpha value is -1.56. The van der Waals surface area contributed by atoms with Crippen molar-refractivity contribution >= 4 is 11.6 Å². The number of anilines is 1. The molecule has 0 saturated heterocycles. The topological polar surface area (TPSA) is 55.1 Å². The van der Waals surface area contributed by atoms with Crippen LogP contribution in [0, 0.1) is 17.5 Å². The van der Waals surface area contributed by atoms with Crippen LogP contribution in [-0.2, 0) is 4.79 Å². The van der Waals surface area contributed by atoms with Crippen molar-refractivity contribution in [1.82, 2.24) is 0 Å². The van der Waals surface area contributed by atoms with Crippen LogP contribution in [0.4, 0.5) is 18.9 Å². The van der Waals surface area contributed by atoms with Crippen LogP contribution in [0.25, 0.3) is 0 Å². The van der Waals surface area contributed by atoms with Gasteiger partial charge in [-0.1, -0.05) is 0 Å². The van der Waals surface area contributed by atoms with E-state index in [0.29, 0.717) is 12.1 Å². The average molecular weight is 218 g/mol. The summed E-state index contributed by atoms with van der Waals surface area (Å²) in [6, 6.07) is 0.0504. The van der Waals surface area contributed by atoms with Crippen LogP contribution < -0.4 is 11.1 Å². The lowest BCUT2D eigenvalue weighted by Gasteiger charge is -2.08. The number of nitrogens with two attached hydrogens (primary N) is 1. The summed E-state index contributed by atoms with van der Waals surface area (Å²) in [6.07, 6.45) is 0. The van der Waals surface area contributed by atoms with E-state index in [2.05, 4.69) is 0 Å². The fourth-order valence-electron chi connectivity index (χ4n) is 0.865. The van der Waals surface area contributed by atoms with Gasteiger partial charge in [0.25, 0.3) is 0 Å². The summed E-state index contributed by atoms with van der Waals surface area (Å²) < 4.78 is 38.2. The standard InChI is InChI=1S/C9H9F3N2O/c1-4(13)9(15)14-8-3-6(11)5(10)2-7(8)12/h2-4H,13H2,1H3,(H,14,15). The highest BCUT2D eigenvalue weighted by atomic mass is 19.2. The molecule has 0 radical (unpaired) electrons. The van der Waals surface area contributed by atoms with E-state index >= 15 is 0 Å². The van der Waals surface area contributed by atoms with Crippen molar-refractivity contribution in [3.63, 3.8) is 0 Å². The van der Waals surface area contributed by atoms with Gasteiger partial charge < -0.3 is 11.1 Å². The van der Waals surface area contributed by atoms with E-state index in [4.69, 9.17) is 5.73 Å². The van der Waals surface area contributed by atoms with Crippen molar-refractivity contribution in [3.8, 4) is 0 Å². The predicted molar refractivity (Wildman–Crippen MR) is 48.6 cm³/mol. The third-order valence-electron chi connectivity index (χ3n) is 1.68. The van der Waals surface area contributed by atoms with Gasteiger partial charge in [-0.05, 0) is 6.92 Å². The van der Waals surface area contributed by atoms with Crippen molar-refractivity contribution in [3.05, 3.63) is 29.6 Å². The number of amides is 1. The number of halogens is 3. The lowest BCUT2D eigenvalue weighted by atomic mass is 10.2. The van der Waals surface area contributed by atoms with Crippen molar-refractivity contribution in [2.45, 2.75) is 13.0 Å². The van der Waals surface area contributed by atoms with E-state index in [1.54, 1.807) is 0 Å². The molecule has 0 heterocycles. The van der Waals surface area contributed by atoms with Crippen LogP contribution >= 0.6 is 0 Å². The monoisotopic (exact) mass is 218 g/mol. The van der Waals surface area contributed by atoms with Crippen LogP contribution in [0.15, 0.2) is 12.1 Å². The molecule has 0 aliphatic carbocycles. The Kier molecular flexibility index (Phi) is 3.31. The van der Waals surface area contributed by atoms with E-state index in [-0.39, 0.29) is 0 Å². The molecular weight excluding hydrogens is 209 g/mol. The van der Waals surface area contributed by atoms with Gasteiger partial charge in [0.05, 0.1) is 11.7 Å². The van der Waals surface area contributed by atoms with Crippen LogP contribution in [-0.4, -0.2) is 11.9 Å². The molecule has 82 valence electrons. The molecule has 1 rings (SSSR count). The SMILES string of the molecule is CC(N)C(=O)Nc1cc(F)c(F)cc1F. The summed E-state index contributed by atoms with van der Waals surface area (Å²) >= 11 is 0. The molecule has 1 aromatic carbocycles. The number of carbonyl (C=O) groups excluding carboxylic acids is 1. The lowest BCUT2D eigenvalue weighted by molar-refractivity contribution is -0.117. The van der Waals surface area contributed by atoms with Gasteiger partial charge in [0.2, 0.25) is 5.91 Å². The maximum absolute atomic E-state index is 13.0. The molecule has 0 saturated carbocycles. The second-order valence-electron chi connectivity index (χ2n) is 3.02. The van der Waals surface area contributed by atoms with Gasteiger partial charge >= 0.3 is 0 Å². The van der Waals surface area contributed by atoms with Crippen LogP contribution in [0.5, 0.6) is 0 Å². The Morgan fingerprint density at radius 1 is 1.27 bits per heavy atom. The first-order valence-corrected chi connectivity index (χ1v) is 4.13. The van der Waals surface area contributed by atoms with E-state index in [1.807, 2.05) is 5.32 Å². The molecule has 6 heteroatoms. The Morgan fingerprint density at radius 3 is 2.33 bits per heavy atom. The van der Waals surface area contributed by atoms with Crippen molar-refractivity contribution in [2.75, 3.05) is 5.32 Å². The minimum absolute atomic E-state index is 0.353. The molecule has 0 bridgehead atoms. The summed E-state index contributed by atoms with van der Waals surface area (Å²) in [5, 5.41) is 2.03. The Balaban J connectivity index is 2.96. The first-order valence-electron chi connectivity index (χ1n) is 4.13. The first kappa shape index (κ1) is 11.5. The smallest absolute Gasteiger partial charge is 0.241 e. The second-order valence-corrected chi connectivity index (χ2v) is 3.02. The Bertz CT molecular complexity index is 393. The van der Waals surface area contributed by atoms with Gasteiger partial charge in [-0.3, -0.25) is 4.79 Å². The summed E-state index contributed by atoms with van der Waals surface area (Å²) in [6.45, 7) is 1.38. The number of nitrogens with one attached hydrogen (secondary N) is 1. The molecule has 1 atom stereocenters. The van der Waals surface area contributed by atoms with Crippen molar-refractivity contribution in [2.24, 2.45) is 5.73 Å². The van der Waals surface area contributed by atoms with E-state index in [0.717, 1.165) is 0 Å². The third kappa shape index (κ3) is 2.69. The maximum atomic E-state index is 13.0.